The number of hydrogen-bond acceptors (Lipinski definition) is 3. The van der Waals surface area contributed by atoms with E-state index in [1.54, 1.807) is 20.8 Å². The summed E-state index contributed by atoms with van der Waals surface area (Å²) in [7, 11) is -4.20. The summed E-state index contributed by atoms with van der Waals surface area (Å²) in [5.41, 5.74) is 5.13. The third kappa shape index (κ3) is 5.34. The van der Waals surface area contributed by atoms with Crippen LogP contribution in [0, 0.1) is 5.41 Å². The first kappa shape index (κ1) is 13.6. The smallest absolute Gasteiger partial charge is 0.343 e. The minimum absolute atomic E-state index is 0.432. The normalized spacial score (nSPS) is 15.0. The van der Waals surface area contributed by atoms with E-state index in [1.807, 2.05) is 0 Å². The Morgan fingerprint density at radius 1 is 1.50 bits per heavy atom. The highest BCUT2D eigenvalue weighted by Crippen LogP contribution is 2.32. The van der Waals surface area contributed by atoms with Gasteiger partial charge in [-0.05, 0) is 5.41 Å². The van der Waals surface area contributed by atoms with Gasteiger partial charge < -0.3 is 20.8 Å². The van der Waals surface area contributed by atoms with Gasteiger partial charge in [-0.15, -0.1) is 0 Å². The fourth-order valence-corrected chi connectivity index (χ4v) is 1.05. The van der Waals surface area contributed by atoms with Gasteiger partial charge in [0, 0.05) is 0 Å². The van der Waals surface area contributed by atoms with E-state index in [9.17, 15) is 9.36 Å². The van der Waals surface area contributed by atoms with E-state index in [-0.39, 0.29) is 0 Å². The van der Waals surface area contributed by atoms with Crippen LogP contribution in [0.2, 0.25) is 0 Å². The number of amides is 1. The van der Waals surface area contributed by atoms with Crippen LogP contribution in [0.3, 0.4) is 0 Å². The summed E-state index contributed by atoms with van der Waals surface area (Å²) < 4.78 is 10.4. The average Bonchev–Trinajstić information content (AvgIpc) is 1.95. The second kappa shape index (κ2) is 4.40. The van der Waals surface area contributed by atoms with Gasteiger partial charge >= 0.3 is 7.60 Å². The molecule has 0 aromatic carbocycles. The molecule has 1 atom stereocenters. The third-order valence-corrected chi connectivity index (χ3v) is 2.24. The van der Waals surface area contributed by atoms with E-state index in [0.29, 0.717) is 0 Å². The van der Waals surface area contributed by atoms with Gasteiger partial charge in [-0.25, -0.2) is 0 Å². The van der Waals surface area contributed by atoms with Crippen molar-refractivity contribution in [3.63, 3.8) is 0 Å². The second-order valence-corrected chi connectivity index (χ2v) is 5.85. The molecule has 7 heteroatoms. The van der Waals surface area contributed by atoms with Crippen LogP contribution in [0.25, 0.3) is 0 Å². The van der Waals surface area contributed by atoms with Gasteiger partial charge in [-0.2, -0.15) is 0 Å². The Morgan fingerprint density at radius 3 is 2.21 bits per heavy atom. The Hall–Kier alpha value is -0.420. The van der Waals surface area contributed by atoms with Gasteiger partial charge in [0.1, 0.15) is 6.29 Å². The molecule has 0 saturated carbocycles. The molecule has 0 rings (SSSR count). The van der Waals surface area contributed by atoms with Gasteiger partial charge in [0.25, 0.3) is 0 Å². The zero-order valence-electron chi connectivity index (χ0n) is 8.52. The summed E-state index contributed by atoms with van der Waals surface area (Å²) >= 11 is 0. The number of nitrogens with one attached hydrogen (secondary N) is 1. The number of nitrogens with two attached hydrogens (primary N) is 1. The van der Waals surface area contributed by atoms with Crippen LogP contribution >= 0.6 is 7.60 Å². The first-order valence-corrected chi connectivity index (χ1v) is 5.91. The van der Waals surface area contributed by atoms with Crippen LogP contribution in [0.15, 0.2) is 0 Å². The molecular formula is C7H17N2O4P. The van der Waals surface area contributed by atoms with Crippen molar-refractivity contribution < 1.29 is 19.1 Å². The number of carbonyl (C=O) groups is 1. The highest BCUT2D eigenvalue weighted by molar-refractivity contribution is 7.51. The number of hydrogen-bond donors (Lipinski definition) is 4. The number of rotatable bonds is 3. The summed E-state index contributed by atoms with van der Waals surface area (Å²) in [5.74, 6) is -0.555. The number of carbonyl (C=O) groups excluding carboxylic acids is 1. The molecule has 0 fully saturated rings. The fraction of sp³-hybridized carbons (Fsp3) is 0.857. The van der Waals surface area contributed by atoms with E-state index in [2.05, 4.69) is 5.32 Å². The minimum Gasteiger partial charge on any atom is -0.343 e. The van der Waals surface area contributed by atoms with Crippen LogP contribution < -0.4 is 11.1 Å². The van der Waals surface area contributed by atoms with Gasteiger partial charge in [0.2, 0.25) is 5.91 Å². The van der Waals surface area contributed by atoms with Crippen LogP contribution in [0.1, 0.15) is 20.8 Å². The Labute approximate surface area is 83.0 Å². The Balaban J connectivity index is 4.18. The van der Waals surface area contributed by atoms with E-state index >= 15 is 0 Å². The topological polar surface area (TPSA) is 113 Å². The first-order chi connectivity index (χ1) is 6.04. The molecule has 0 aliphatic heterocycles. The maximum Gasteiger partial charge on any atom is 0.344 e. The van der Waals surface area contributed by atoms with E-state index in [4.69, 9.17) is 15.5 Å². The van der Waals surface area contributed by atoms with Crippen molar-refractivity contribution in [1.29, 1.82) is 0 Å². The predicted molar refractivity (Wildman–Crippen MR) is 52.5 cm³/mol. The van der Waals surface area contributed by atoms with Gasteiger partial charge in [0.15, 0.2) is 0 Å². The van der Waals surface area contributed by atoms with Crippen LogP contribution in [-0.4, -0.2) is 28.0 Å². The molecule has 0 radical (unpaired) electrons. The van der Waals surface area contributed by atoms with E-state index in [0.717, 1.165) is 0 Å². The Kier molecular flexibility index (Phi) is 4.27. The molecular weight excluding hydrogens is 207 g/mol. The maximum atomic E-state index is 11.3. The lowest BCUT2D eigenvalue weighted by Crippen LogP contribution is -2.48. The lowest BCUT2D eigenvalue weighted by Gasteiger charge is -2.25. The Morgan fingerprint density at radius 2 is 1.93 bits per heavy atom. The van der Waals surface area contributed by atoms with Crippen LogP contribution in [0.5, 0.6) is 0 Å². The van der Waals surface area contributed by atoms with Crippen molar-refractivity contribution in [2.24, 2.45) is 11.1 Å². The van der Waals surface area contributed by atoms with Crippen molar-refractivity contribution in [3.05, 3.63) is 0 Å². The summed E-state index contributed by atoms with van der Waals surface area (Å²) in [6, 6.07) is -0.783. The van der Waals surface area contributed by atoms with Crippen molar-refractivity contribution in [2.75, 3.05) is 6.29 Å². The van der Waals surface area contributed by atoms with Crippen molar-refractivity contribution >= 4 is 13.5 Å². The van der Waals surface area contributed by atoms with Crippen molar-refractivity contribution in [2.45, 2.75) is 26.8 Å². The van der Waals surface area contributed by atoms with Crippen LogP contribution in [-0.2, 0) is 9.36 Å². The second-order valence-electron chi connectivity index (χ2n) is 4.21. The molecule has 0 saturated heterocycles. The monoisotopic (exact) mass is 224 g/mol. The summed E-state index contributed by atoms with van der Waals surface area (Å²) in [6.07, 6.45) is -0.671. The molecule has 84 valence electrons. The van der Waals surface area contributed by atoms with Gasteiger partial charge in [-0.3, -0.25) is 9.36 Å². The van der Waals surface area contributed by atoms with Gasteiger partial charge in [0.05, 0.1) is 6.04 Å². The highest BCUT2D eigenvalue weighted by atomic mass is 31.2. The van der Waals surface area contributed by atoms with Crippen LogP contribution in [0.4, 0.5) is 0 Å². The molecule has 0 bridgehead atoms. The average molecular weight is 224 g/mol. The molecule has 0 aliphatic rings. The quantitative estimate of drug-likeness (QED) is 0.488. The van der Waals surface area contributed by atoms with E-state index in [1.165, 1.54) is 0 Å². The zero-order valence-corrected chi connectivity index (χ0v) is 9.41. The standard InChI is InChI=1S/C7H17N2O4P/c1-7(2,3)5(8)6(10)9-4-14(11,12)13/h5H,4,8H2,1-3H3,(H,9,10)(H2,11,12,13)/t5-/m1/s1. The zero-order chi connectivity index (χ0) is 11.6. The maximum absolute atomic E-state index is 11.3. The molecule has 0 aromatic rings. The molecule has 0 aromatic heterocycles. The first-order valence-electron chi connectivity index (χ1n) is 4.12. The SMILES string of the molecule is CC(C)(C)[C@H](N)C(=O)NCP(=O)(O)O. The molecule has 14 heavy (non-hydrogen) atoms. The van der Waals surface area contributed by atoms with Crippen molar-refractivity contribution in [3.8, 4) is 0 Å². The lowest BCUT2D eigenvalue weighted by atomic mass is 9.87. The molecule has 0 aliphatic carbocycles. The summed E-state index contributed by atoms with van der Waals surface area (Å²) in [6.45, 7) is 5.32. The molecule has 0 spiro atoms. The molecule has 5 N–H and O–H groups in total. The lowest BCUT2D eigenvalue weighted by molar-refractivity contribution is -0.124. The minimum atomic E-state index is -4.20. The Bertz CT molecular complexity index is 255. The third-order valence-electron chi connectivity index (χ3n) is 1.67. The van der Waals surface area contributed by atoms with E-state index < -0.39 is 31.2 Å². The predicted octanol–water partition coefficient (Wildman–Crippen LogP) is -0.389. The molecule has 6 nitrogen and oxygen atoms in total. The highest BCUT2D eigenvalue weighted by Gasteiger charge is 2.28. The molecule has 0 heterocycles. The van der Waals surface area contributed by atoms with Crippen molar-refractivity contribution in [1.82, 2.24) is 5.32 Å². The fourth-order valence-electron chi connectivity index (χ4n) is 0.684. The summed E-state index contributed by atoms with van der Waals surface area (Å²) in [4.78, 5) is 28.3. The summed E-state index contributed by atoms with van der Waals surface area (Å²) in [5, 5.41) is 2.10. The largest absolute Gasteiger partial charge is 0.344 e. The molecule has 1 amide bonds. The molecule has 0 unspecified atom stereocenters. The van der Waals surface area contributed by atoms with Gasteiger partial charge in [-0.1, -0.05) is 20.8 Å².